The van der Waals surface area contributed by atoms with Gasteiger partial charge in [0, 0.05) is 11.8 Å². The summed E-state index contributed by atoms with van der Waals surface area (Å²) in [6.07, 6.45) is -3.72. The first-order valence-electron chi connectivity index (χ1n) is 3.66. The van der Waals surface area contributed by atoms with Crippen LogP contribution in [0.2, 0.25) is 0 Å². The lowest BCUT2D eigenvalue weighted by Crippen LogP contribution is -2.19. The summed E-state index contributed by atoms with van der Waals surface area (Å²) in [5.41, 5.74) is 0.119. The summed E-state index contributed by atoms with van der Waals surface area (Å²) in [7, 11) is 0. The molecule has 0 amide bonds. The maximum Gasteiger partial charge on any atom is 0.574 e. The topological polar surface area (TPSA) is 45.9 Å². The van der Waals surface area contributed by atoms with Gasteiger partial charge in [0.05, 0.1) is 10.0 Å². The van der Waals surface area contributed by atoms with Gasteiger partial charge in [-0.25, -0.2) is 4.98 Å². The molecule has 0 radical (unpaired) electrons. The van der Waals surface area contributed by atoms with Crippen LogP contribution in [0.4, 0.5) is 13.2 Å². The van der Waals surface area contributed by atoms with Crippen LogP contribution in [0.25, 0.3) is 0 Å². The number of ether oxygens (including phenoxy) is 1. The van der Waals surface area contributed by atoms with Crippen LogP contribution in [0.3, 0.4) is 0 Å². The van der Waals surface area contributed by atoms with Crippen LogP contribution >= 0.6 is 15.9 Å². The second-order valence-corrected chi connectivity index (χ2v) is 3.43. The molecule has 1 heterocycles. The molecule has 0 aliphatic rings. The second kappa shape index (κ2) is 4.06. The van der Waals surface area contributed by atoms with E-state index in [2.05, 4.69) is 25.7 Å². The largest absolute Gasteiger partial charge is 0.574 e. The maximum atomic E-state index is 11.9. The Kier molecular flexibility index (Phi) is 3.19. The van der Waals surface area contributed by atoms with E-state index in [0.29, 0.717) is 4.47 Å². The average molecular weight is 281 g/mol. The van der Waals surface area contributed by atoms with Crippen molar-refractivity contribution in [3.63, 3.8) is 0 Å². The van der Waals surface area contributed by atoms with Gasteiger partial charge in [0.1, 0.15) is 6.07 Å². The van der Waals surface area contributed by atoms with Crippen molar-refractivity contribution in [2.45, 2.75) is 13.3 Å². The number of nitriles is 1. The van der Waals surface area contributed by atoms with Crippen molar-refractivity contribution >= 4 is 15.9 Å². The Balaban J connectivity index is 3.18. The molecule has 0 fully saturated rings. The summed E-state index contributed by atoms with van der Waals surface area (Å²) in [5, 5.41) is 8.68. The molecule has 15 heavy (non-hydrogen) atoms. The van der Waals surface area contributed by atoms with Gasteiger partial charge >= 0.3 is 6.36 Å². The Labute approximate surface area is 91.6 Å². The first kappa shape index (κ1) is 11.8. The van der Waals surface area contributed by atoms with Gasteiger partial charge in [0.25, 0.3) is 0 Å². The molecule has 3 nitrogen and oxygen atoms in total. The molecular weight excluding hydrogens is 277 g/mol. The number of aromatic nitrogens is 1. The zero-order valence-electron chi connectivity index (χ0n) is 7.39. The van der Waals surface area contributed by atoms with Crippen LogP contribution < -0.4 is 4.74 Å². The van der Waals surface area contributed by atoms with Crippen molar-refractivity contribution in [3.05, 3.63) is 21.8 Å². The Morgan fingerprint density at radius 1 is 1.53 bits per heavy atom. The van der Waals surface area contributed by atoms with E-state index in [1.807, 2.05) is 0 Å². The van der Waals surface area contributed by atoms with Crippen molar-refractivity contribution in [1.82, 2.24) is 4.98 Å². The average Bonchev–Trinajstić information content (AvgIpc) is 2.09. The minimum absolute atomic E-state index is 0.0456. The van der Waals surface area contributed by atoms with Crippen LogP contribution in [0.1, 0.15) is 11.1 Å². The second-order valence-electron chi connectivity index (χ2n) is 2.57. The number of halogens is 4. The molecule has 0 bridgehead atoms. The highest BCUT2D eigenvalue weighted by Crippen LogP contribution is 2.29. The Bertz CT molecular complexity index is 425. The maximum absolute atomic E-state index is 11.9. The minimum Gasteiger partial charge on any atom is -0.388 e. The molecule has 1 aromatic heterocycles. The van der Waals surface area contributed by atoms with Gasteiger partial charge in [0.15, 0.2) is 0 Å². The molecular formula is C8H4BrF3N2O. The van der Waals surface area contributed by atoms with Crippen molar-refractivity contribution in [3.8, 4) is 11.9 Å². The molecule has 0 aliphatic carbocycles. The minimum atomic E-state index is -4.81. The fourth-order valence-corrected chi connectivity index (χ4v) is 1.40. The summed E-state index contributed by atoms with van der Waals surface area (Å²) >= 11 is 3.00. The van der Waals surface area contributed by atoms with Gasteiger partial charge in [-0.3, -0.25) is 0 Å². The Hall–Kier alpha value is -1.29. The van der Waals surface area contributed by atoms with Crippen LogP contribution in [0, 0.1) is 18.3 Å². The van der Waals surface area contributed by atoms with Crippen LogP contribution in [-0.2, 0) is 0 Å². The zero-order valence-corrected chi connectivity index (χ0v) is 8.98. The standard InChI is InChI=1S/C8H4BrF3N2O/c1-4-5(2-13)6(9)3-14-7(4)15-8(10,11)12/h3H,1H3. The van der Waals surface area contributed by atoms with Gasteiger partial charge in [0.2, 0.25) is 5.88 Å². The van der Waals surface area contributed by atoms with Crippen molar-refractivity contribution in [1.29, 1.82) is 5.26 Å². The first-order chi connectivity index (χ1) is 6.85. The van der Waals surface area contributed by atoms with E-state index in [1.54, 1.807) is 6.07 Å². The molecule has 80 valence electrons. The summed E-state index contributed by atoms with van der Waals surface area (Å²) in [5.74, 6) is -0.609. The number of alkyl halides is 3. The third kappa shape index (κ3) is 2.83. The highest BCUT2D eigenvalue weighted by Gasteiger charge is 2.33. The molecule has 7 heteroatoms. The van der Waals surface area contributed by atoms with Gasteiger partial charge in [-0.15, -0.1) is 13.2 Å². The summed E-state index contributed by atoms with van der Waals surface area (Å²) in [6, 6.07) is 1.76. The summed E-state index contributed by atoms with van der Waals surface area (Å²) in [6.45, 7) is 1.33. The van der Waals surface area contributed by atoms with Gasteiger partial charge in [-0.1, -0.05) is 0 Å². The van der Waals surface area contributed by atoms with E-state index < -0.39 is 12.2 Å². The van der Waals surface area contributed by atoms with E-state index in [1.165, 1.54) is 6.92 Å². The molecule has 0 saturated heterocycles. The van der Waals surface area contributed by atoms with Crippen LogP contribution in [0.5, 0.6) is 5.88 Å². The number of pyridine rings is 1. The molecule has 0 aliphatic heterocycles. The first-order valence-corrected chi connectivity index (χ1v) is 4.45. The Morgan fingerprint density at radius 3 is 2.60 bits per heavy atom. The number of nitrogens with zero attached hydrogens (tertiary/aromatic N) is 2. The third-order valence-electron chi connectivity index (χ3n) is 1.55. The predicted octanol–water partition coefficient (Wildman–Crippen LogP) is 2.92. The normalized spacial score (nSPS) is 10.9. The van der Waals surface area contributed by atoms with Gasteiger partial charge in [-0.05, 0) is 22.9 Å². The fraction of sp³-hybridized carbons (Fsp3) is 0.250. The molecule has 1 aromatic rings. The van der Waals surface area contributed by atoms with Gasteiger partial charge < -0.3 is 4.74 Å². The Morgan fingerprint density at radius 2 is 2.13 bits per heavy atom. The van der Waals surface area contributed by atoms with E-state index in [4.69, 9.17) is 5.26 Å². The lowest BCUT2D eigenvalue weighted by molar-refractivity contribution is -0.276. The van der Waals surface area contributed by atoms with Crippen molar-refractivity contribution in [2.75, 3.05) is 0 Å². The monoisotopic (exact) mass is 280 g/mol. The van der Waals surface area contributed by atoms with E-state index >= 15 is 0 Å². The number of rotatable bonds is 1. The summed E-state index contributed by atoms with van der Waals surface area (Å²) in [4.78, 5) is 3.43. The SMILES string of the molecule is Cc1c(OC(F)(F)F)ncc(Br)c1C#N. The van der Waals surface area contributed by atoms with Crippen molar-refractivity contribution < 1.29 is 17.9 Å². The molecule has 1 rings (SSSR count). The highest BCUT2D eigenvalue weighted by molar-refractivity contribution is 9.10. The van der Waals surface area contributed by atoms with Crippen LogP contribution in [-0.4, -0.2) is 11.3 Å². The van der Waals surface area contributed by atoms with E-state index in [9.17, 15) is 13.2 Å². The van der Waals surface area contributed by atoms with E-state index in [-0.39, 0.29) is 11.1 Å². The lowest BCUT2D eigenvalue weighted by Gasteiger charge is -2.11. The molecule has 0 spiro atoms. The van der Waals surface area contributed by atoms with Crippen LogP contribution in [0.15, 0.2) is 10.7 Å². The molecule has 0 aromatic carbocycles. The lowest BCUT2D eigenvalue weighted by atomic mass is 10.2. The molecule has 0 N–H and O–H groups in total. The van der Waals surface area contributed by atoms with E-state index in [0.717, 1.165) is 6.20 Å². The quantitative estimate of drug-likeness (QED) is 0.795. The molecule has 0 atom stereocenters. The predicted molar refractivity (Wildman–Crippen MR) is 48.1 cm³/mol. The number of hydrogen-bond donors (Lipinski definition) is 0. The smallest absolute Gasteiger partial charge is 0.388 e. The molecule has 0 saturated carbocycles. The zero-order chi connectivity index (χ0) is 11.6. The number of hydrogen-bond acceptors (Lipinski definition) is 3. The summed E-state index contributed by atoms with van der Waals surface area (Å²) < 4.78 is 39.7. The molecule has 0 unspecified atom stereocenters. The fourth-order valence-electron chi connectivity index (χ4n) is 0.913. The highest BCUT2D eigenvalue weighted by atomic mass is 79.9. The van der Waals surface area contributed by atoms with Crippen molar-refractivity contribution in [2.24, 2.45) is 0 Å². The third-order valence-corrected chi connectivity index (χ3v) is 2.16. The van der Waals surface area contributed by atoms with Gasteiger partial charge in [-0.2, -0.15) is 5.26 Å².